The van der Waals surface area contributed by atoms with Gasteiger partial charge in [0.15, 0.2) is 0 Å². The third-order valence-corrected chi connectivity index (χ3v) is 2.98. The number of unbranched alkanes of at least 4 members (excludes halogenated alkanes) is 1. The van der Waals surface area contributed by atoms with Gasteiger partial charge in [-0.2, -0.15) is 0 Å². The van der Waals surface area contributed by atoms with Crippen molar-refractivity contribution in [3.8, 4) is 0 Å². The van der Waals surface area contributed by atoms with E-state index >= 15 is 0 Å². The van der Waals surface area contributed by atoms with Gasteiger partial charge in [-0.05, 0) is 19.8 Å². The van der Waals surface area contributed by atoms with Gasteiger partial charge in [0.25, 0.3) is 0 Å². The topological polar surface area (TPSA) is 42.7 Å². The van der Waals surface area contributed by atoms with Gasteiger partial charge in [0.2, 0.25) is 0 Å². The quantitative estimate of drug-likeness (QED) is 0.737. The minimum atomic E-state index is 0.613. The van der Waals surface area contributed by atoms with Gasteiger partial charge in [-0.15, -0.1) is 10.2 Å². The molecule has 4 heteroatoms. The number of nitrogens with one attached hydrogen (secondary N) is 1. The molecule has 0 aliphatic heterocycles. The molecule has 0 saturated heterocycles. The highest BCUT2D eigenvalue weighted by Gasteiger charge is 2.07. The first-order valence-corrected chi connectivity index (χ1v) is 6.41. The zero-order valence-corrected chi connectivity index (χ0v) is 10.7. The monoisotopic (exact) mass is 224 g/mol. The van der Waals surface area contributed by atoms with Crippen molar-refractivity contribution in [1.29, 1.82) is 0 Å². The first-order valence-electron chi connectivity index (χ1n) is 6.41. The molecule has 0 aliphatic carbocycles. The number of nitrogens with zero attached hydrogens (tertiary/aromatic N) is 3. The summed E-state index contributed by atoms with van der Waals surface area (Å²) in [4.78, 5) is 0. The van der Waals surface area contributed by atoms with Crippen LogP contribution in [0, 0.1) is 0 Å². The Labute approximate surface area is 98.5 Å². The van der Waals surface area contributed by atoms with Crippen molar-refractivity contribution in [2.24, 2.45) is 0 Å². The molecule has 1 aromatic heterocycles. The first kappa shape index (κ1) is 13.2. The average Bonchev–Trinajstić information content (AvgIpc) is 2.77. The normalized spacial score (nSPS) is 12.9. The molecule has 0 fully saturated rings. The van der Waals surface area contributed by atoms with Gasteiger partial charge >= 0.3 is 0 Å². The van der Waals surface area contributed by atoms with Gasteiger partial charge in [0, 0.05) is 12.6 Å². The van der Waals surface area contributed by atoms with E-state index in [2.05, 4.69) is 40.9 Å². The lowest BCUT2D eigenvalue weighted by molar-refractivity contribution is 0.440. The summed E-state index contributed by atoms with van der Waals surface area (Å²) >= 11 is 0. The van der Waals surface area contributed by atoms with Crippen molar-refractivity contribution in [2.75, 3.05) is 0 Å². The molecule has 0 radical (unpaired) electrons. The van der Waals surface area contributed by atoms with Gasteiger partial charge in [-0.25, -0.2) is 0 Å². The number of aryl methyl sites for hydroxylation is 1. The number of aromatic nitrogens is 3. The van der Waals surface area contributed by atoms with Crippen LogP contribution in [0.4, 0.5) is 0 Å². The van der Waals surface area contributed by atoms with Crippen molar-refractivity contribution in [1.82, 2.24) is 20.1 Å². The van der Waals surface area contributed by atoms with E-state index in [1.54, 1.807) is 6.33 Å². The van der Waals surface area contributed by atoms with Gasteiger partial charge in [0.1, 0.15) is 12.2 Å². The number of hydrogen-bond donors (Lipinski definition) is 1. The lowest BCUT2D eigenvalue weighted by Gasteiger charge is -2.16. The fraction of sp³-hybridized carbons (Fsp3) is 0.833. The molecular weight excluding hydrogens is 200 g/mol. The van der Waals surface area contributed by atoms with Crippen LogP contribution >= 0.6 is 0 Å². The maximum Gasteiger partial charge on any atom is 0.146 e. The second-order valence-electron chi connectivity index (χ2n) is 4.16. The second-order valence-corrected chi connectivity index (χ2v) is 4.16. The fourth-order valence-electron chi connectivity index (χ4n) is 1.82. The SMILES string of the molecule is CCCCC(CC)NCc1nncn1CC. The van der Waals surface area contributed by atoms with Gasteiger partial charge in [0.05, 0.1) is 6.54 Å². The van der Waals surface area contributed by atoms with Crippen LogP contribution < -0.4 is 5.32 Å². The van der Waals surface area contributed by atoms with Crippen LogP contribution in [0.15, 0.2) is 6.33 Å². The molecule has 0 bridgehead atoms. The van der Waals surface area contributed by atoms with Crippen LogP contribution in [0.2, 0.25) is 0 Å². The van der Waals surface area contributed by atoms with E-state index in [-0.39, 0.29) is 0 Å². The summed E-state index contributed by atoms with van der Waals surface area (Å²) in [6, 6.07) is 0.613. The van der Waals surface area contributed by atoms with Crippen molar-refractivity contribution >= 4 is 0 Å². The molecular formula is C12H24N4. The van der Waals surface area contributed by atoms with Crippen LogP contribution in [-0.2, 0) is 13.1 Å². The van der Waals surface area contributed by atoms with Crippen LogP contribution in [0.3, 0.4) is 0 Å². The van der Waals surface area contributed by atoms with E-state index in [0.29, 0.717) is 6.04 Å². The highest BCUT2D eigenvalue weighted by Crippen LogP contribution is 2.05. The molecule has 1 heterocycles. The van der Waals surface area contributed by atoms with Gasteiger partial charge in [-0.1, -0.05) is 26.7 Å². The molecule has 0 aliphatic rings. The predicted molar refractivity (Wildman–Crippen MR) is 66.1 cm³/mol. The molecule has 0 amide bonds. The highest BCUT2D eigenvalue weighted by atomic mass is 15.3. The Hall–Kier alpha value is -0.900. The first-order chi connectivity index (χ1) is 7.81. The standard InChI is InChI=1S/C12H24N4/c1-4-7-8-11(5-2)13-9-12-15-14-10-16(12)6-3/h10-11,13H,4-9H2,1-3H3. The Morgan fingerprint density at radius 3 is 2.81 bits per heavy atom. The Morgan fingerprint density at radius 2 is 2.19 bits per heavy atom. The molecule has 1 rings (SSSR count). The van der Waals surface area contributed by atoms with E-state index in [1.807, 2.05) is 0 Å². The van der Waals surface area contributed by atoms with Crippen molar-refractivity contribution in [3.63, 3.8) is 0 Å². The molecule has 1 atom stereocenters. The van der Waals surface area contributed by atoms with Gasteiger partial charge < -0.3 is 9.88 Å². The highest BCUT2D eigenvalue weighted by molar-refractivity contribution is 4.85. The molecule has 92 valence electrons. The summed E-state index contributed by atoms with van der Waals surface area (Å²) in [6.07, 6.45) is 6.80. The molecule has 1 unspecified atom stereocenters. The number of rotatable bonds is 8. The molecule has 1 aromatic rings. The minimum absolute atomic E-state index is 0.613. The van der Waals surface area contributed by atoms with E-state index < -0.39 is 0 Å². The van der Waals surface area contributed by atoms with E-state index in [9.17, 15) is 0 Å². The summed E-state index contributed by atoms with van der Waals surface area (Å²) in [5, 5.41) is 11.6. The van der Waals surface area contributed by atoms with Crippen LogP contribution in [0.5, 0.6) is 0 Å². The molecule has 0 aromatic carbocycles. The Morgan fingerprint density at radius 1 is 1.38 bits per heavy atom. The van der Waals surface area contributed by atoms with Crippen LogP contribution in [0.25, 0.3) is 0 Å². The Bertz CT molecular complexity index is 282. The second kappa shape index (κ2) is 7.39. The molecule has 0 spiro atoms. The Kier molecular flexibility index (Phi) is 6.08. The molecule has 4 nitrogen and oxygen atoms in total. The molecule has 16 heavy (non-hydrogen) atoms. The number of hydrogen-bond acceptors (Lipinski definition) is 3. The average molecular weight is 224 g/mol. The smallest absolute Gasteiger partial charge is 0.146 e. The van der Waals surface area contributed by atoms with E-state index in [1.165, 1.54) is 25.7 Å². The minimum Gasteiger partial charge on any atom is -0.317 e. The summed E-state index contributed by atoms with van der Waals surface area (Å²) in [5.74, 6) is 1.04. The third-order valence-electron chi connectivity index (χ3n) is 2.98. The zero-order valence-electron chi connectivity index (χ0n) is 10.7. The van der Waals surface area contributed by atoms with Crippen molar-refractivity contribution < 1.29 is 0 Å². The Balaban J connectivity index is 2.36. The molecule has 0 saturated carbocycles. The van der Waals surface area contributed by atoms with Crippen molar-refractivity contribution in [2.45, 2.75) is 65.6 Å². The predicted octanol–water partition coefficient (Wildman–Crippen LogP) is 2.36. The summed E-state index contributed by atoms with van der Waals surface area (Å²) < 4.78 is 2.08. The van der Waals surface area contributed by atoms with E-state index in [4.69, 9.17) is 0 Å². The van der Waals surface area contributed by atoms with Crippen LogP contribution in [-0.4, -0.2) is 20.8 Å². The lowest BCUT2D eigenvalue weighted by Crippen LogP contribution is -2.29. The largest absolute Gasteiger partial charge is 0.317 e. The third kappa shape index (κ3) is 3.93. The zero-order chi connectivity index (χ0) is 11.8. The van der Waals surface area contributed by atoms with Gasteiger partial charge in [-0.3, -0.25) is 0 Å². The van der Waals surface area contributed by atoms with E-state index in [0.717, 1.165) is 18.9 Å². The summed E-state index contributed by atoms with van der Waals surface area (Å²) in [6.45, 7) is 8.35. The lowest BCUT2D eigenvalue weighted by atomic mass is 10.1. The summed E-state index contributed by atoms with van der Waals surface area (Å²) in [7, 11) is 0. The molecule has 1 N–H and O–H groups in total. The maximum atomic E-state index is 4.12. The van der Waals surface area contributed by atoms with Crippen LogP contribution in [0.1, 0.15) is 52.3 Å². The maximum absolute atomic E-state index is 4.12. The van der Waals surface area contributed by atoms with Crippen molar-refractivity contribution in [3.05, 3.63) is 12.2 Å². The fourth-order valence-corrected chi connectivity index (χ4v) is 1.82. The summed E-state index contributed by atoms with van der Waals surface area (Å²) in [5.41, 5.74) is 0.